The van der Waals surface area contributed by atoms with E-state index in [1.54, 1.807) is 0 Å². The molecule has 0 fully saturated rings. The monoisotopic (exact) mass is 282 g/mol. The third-order valence-corrected chi connectivity index (χ3v) is 3.55. The van der Waals surface area contributed by atoms with Crippen LogP contribution in [0.1, 0.15) is 20.3 Å². The summed E-state index contributed by atoms with van der Waals surface area (Å²) in [5.74, 6) is 0.264. The van der Waals surface area contributed by atoms with Gasteiger partial charge >= 0.3 is 0 Å². The predicted molar refractivity (Wildman–Crippen MR) is 87.9 cm³/mol. The summed E-state index contributed by atoms with van der Waals surface area (Å²) < 4.78 is 0. The molecule has 0 saturated carbocycles. The molecule has 3 N–H and O–H groups in total. The first-order valence-corrected chi connectivity index (χ1v) is 7.27. The van der Waals surface area contributed by atoms with Crippen LogP contribution in [0.4, 0.5) is 5.69 Å². The molecule has 110 valence electrons. The van der Waals surface area contributed by atoms with Gasteiger partial charge in [-0.2, -0.15) is 0 Å². The van der Waals surface area contributed by atoms with Crippen molar-refractivity contribution in [3.63, 3.8) is 0 Å². The van der Waals surface area contributed by atoms with E-state index in [0.717, 1.165) is 16.8 Å². The Balaban J connectivity index is 1.98. The third kappa shape index (κ3) is 4.43. The summed E-state index contributed by atoms with van der Waals surface area (Å²) in [5, 5.41) is 2.89. The number of hydrogen-bond donors (Lipinski definition) is 2. The minimum Gasteiger partial charge on any atom is -0.327 e. The molecule has 21 heavy (non-hydrogen) atoms. The Labute approximate surface area is 126 Å². The topological polar surface area (TPSA) is 55.1 Å². The fourth-order valence-corrected chi connectivity index (χ4v) is 2.04. The maximum absolute atomic E-state index is 11.9. The average Bonchev–Trinajstić information content (AvgIpc) is 2.48. The van der Waals surface area contributed by atoms with E-state index in [0.29, 0.717) is 12.3 Å². The lowest BCUT2D eigenvalue weighted by atomic mass is 10.0. The van der Waals surface area contributed by atoms with E-state index in [1.165, 1.54) is 0 Å². The van der Waals surface area contributed by atoms with Gasteiger partial charge in [0.15, 0.2) is 0 Å². The Kier molecular flexibility index (Phi) is 5.12. The summed E-state index contributed by atoms with van der Waals surface area (Å²) in [6, 6.07) is 17.9. The molecule has 0 radical (unpaired) electrons. The number of nitrogens with two attached hydrogens (primary N) is 1. The molecular weight excluding hydrogens is 260 g/mol. The van der Waals surface area contributed by atoms with Crippen molar-refractivity contribution in [2.75, 3.05) is 5.32 Å². The van der Waals surface area contributed by atoms with Gasteiger partial charge in [0.05, 0.1) is 0 Å². The van der Waals surface area contributed by atoms with Crippen LogP contribution in [0, 0.1) is 5.92 Å². The number of amides is 1. The summed E-state index contributed by atoms with van der Waals surface area (Å²) >= 11 is 0. The first-order valence-electron chi connectivity index (χ1n) is 7.27. The van der Waals surface area contributed by atoms with Crippen molar-refractivity contribution in [1.82, 2.24) is 0 Å². The molecule has 0 bridgehead atoms. The van der Waals surface area contributed by atoms with Gasteiger partial charge in [-0.3, -0.25) is 4.79 Å². The standard InChI is InChI=1S/C18H22N2O/c1-13(2)17(19)12-18(21)20-16-10-8-15(9-11-16)14-6-4-3-5-7-14/h3-11,13,17H,12,19H2,1-2H3,(H,20,21). The van der Waals surface area contributed by atoms with E-state index < -0.39 is 0 Å². The van der Waals surface area contributed by atoms with Gasteiger partial charge in [0, 0.05) is 18.2 Å². The van der Waals surface area contributed by atoms with Crippen LogP contribution in [0.2, 0.25) is 0 Å². The van der Waals surface area contributed by atoms with Crippen LogP contribution < -0.4 is 11.1 Å². The van der Waals surface area contributed by atoms with Gasteiger partial charge in [0.25, 0.3) is 0 Å². The van der Waals surface area contributed by atoms with E-state index in [9.17, 15) is 4.79 Å². The molecule has 0 saturated heterocycles. The Morgan fingerprint density at radius 3 is 2.14 bits per heavy atom. The lowest BCUT2D eigenvalue weighted by Gasteiger charge is -2.15. The summed E-state index contributed by atoms with van der Waals surface area (Å²) in [6.45, 7) is 4.04. The molecule has 2 rings (SSSR count). The molecule has 0 spiro atoms. The number of anilines is 1. The quantitative estimate of drug-likeness (QED) is 0.879. The van der Waals surface area contributed by atoms with Crippen LogP contribution in [0.25, 0.3) is 11.1 Å². The van der Waals surface area contributed by atoms with Crippen molar-refractivity contribution < 1.29 is 4.79 Å². The maximum atomic E-state index is 11.9. The first-order chi connectivity index (χ1) is 10.1. The SMILES string of the molecule is CC(C)C(N)CC(=O)Nc1ccc(-c2ccccc2)cc1. The number of carbonyl (C=O) groups excluding carboxylic acids is 1. The fraction of sp³-hybridized carbons (Fsp3) is 0.278. The number of rotatable bonds is 5. The van der Waals surface area contributed by atoms with E-state index >= 15 is 0 Å². The Morgan fingerprint density at radius 2 is 1.57 bits per heavy atom. The molecule has 0 aliphatic carbocycles. The van der Waals surface area contributed by atoms with Gasteiger partial charge in [-0.15, -0.1) is 0 Å². The average molecular weight is 282 g/mol. The zero-order chi connectivity index (χ0) is 15.2. The van der Waals surface area contributed by atoms with Crippen LogP contribution in [-0.4, -0.2) is 11.9 Å². The van der Waals surface area contributed by atoms with Gasteiger partial charge in [0.2, 0.25) is 5.91 Å². The van der Waals surface area contributed by atoms with Gasteiger partial charge < -0.3 is 11.1 Å². The van der Waals surface area contributed by atoms with Crippen LogP contribution in [-0.2, 0) is 4.79 Å². The molecule has 1 amide bonds. The van der Waals surface area contributed by atoms with Crippen LogP contribution >= 0.6 is 0 Å². The maximum Gasteiger partial charge on any atom is 0.225 e. The molecule has 3 nitrogen and oxygen atoms in total. The highest BCUT2D eigenvalue weighted by atomic mass is 16.1. The number of nitrogens with one attached hydrogen (secondary N) is 1. The van der Waals surface area contributed by atoms with Gasteiger partial charge in [-0.1, -0.05) is 56.3 Å². The van der Waals surface area contributed by atoms with E-state index in [-0.39, 0.29) is 11.9 Å². The van der Waals surface area contributed by atoms with E-state index in [4.69, 9.17) is 5.73 Å². The molecule has 0 aliphatic heterocycles. The van der Waals surface area contributed by atoms with Gasteiger partial charge in [-0.25, -0.2) is 0 Å². The van der Waals surface area contributed by atoms with E-state index in [2.05, 4.69) is 17.4 Å². The van der Waals surface area contributed by atoms with Crippen molar-refractivity contribution in [3.8, 4) is 11.1 Å². The van der Waals surface area contributed by atoms with E-state index in [1.807, 2.05) is 56.3 Å². The van der Waals surface area contributed by atoms with Crippen LogP contribution in [0.3, 0.4) is 0 Å². The molecule has 2 aromatic carbocycles. The second kappa shape index (κ2) is 7.04. The van der Waals surface area contributed by atoms with Crippen molar-refractivity contribution in [1.29, 1.82) is 0 Å². The van der Waals surface area contributed by atoms with Crippen molar-refractivity contribution in [2.24, 2.45) is 11.7 Å². The molecular formula is C18H22N2O. The Morgan fingerprint density at radius 1 is 1.00 bits per heavy atom. The normalized spacial score (nSPS) is 12.2. The fourth-order valence-electron chi connectivity index (χ4n) is 2.04. The van der Waals surface area contributed by atoms with Crippen molar-refractivity contribution in [2.45, 2.75) is 26.3 Å². The highest BCUT2D eigenvalue weighted by molar-refractivity contribution is 5.91. The molecule has 0 heterocycles. The number of carbonyl (C=O) groups is 1. The molecule has 1 atom stereocenters. The molecule has 1 unspecified atom stereocenters. The summed E-state index contributed by atoms with van der Waals surface area (Å²) in [6.07, 6.45) is 0.345. The molecule has 3 heteroatoms. The van der Waals surface area contributed by atoms with Crippen molar-refractivity contribution >= 4 is 11.6 Å². The van der Waals surface area contributed by atoms with Crippen LogP contribution in [0.5, 0.6) is 0 Å². The van der Waals surface area contributed by atoms with Crippen molar-refractivity contribution in [3.05, 3.63) is 54.6 Å². The smallest absolute Gasteiger partial charge is 0.225 e. The lowest BCUT2D eigenvalue weighted by Crippen LogP contribution is -2.31. The number of benzene rings is 2. The third-order valence-electron chi connectivity index (χ3n) is 3.55. The molecule has 0 aromatic heterocycles. The minimum absolute atomic E-state index is 0.0383. The zero-order valence-corrected chi connectivity index (χ0v) is 12.5. The minimum atomic E-state index is -0.103. The zero-order valence-electron chi connectivity index (χ0n) is 12.5. The second-order valence-corrected chi connectivity index (χ2v) is 5.60. The van der Waals surface area contributed by atoms with Gasteiger partial charge in [0.1, 0.15) is 0 Å². The highest BCUT2D eigenvalue weighted by Gasteiger charge is 2.12. The van der Waals surface area contributed by atoms with Gasteiger partial charge in [-0.05, 0) is 29.2 Å². The summed E-state index contributed by atoms with van der Waals surface area (Å²) in [7, 11) is 0. The predicted octanol–water partition coefficient (Wildman–Crippen LogP) is 3.67. The molecule has 2 aromatic rings. The highest BCUT2D eigenvalue weighted by Crippen LogP contribution is 2.21. The Bertz CT molecular complexity index is 576. The molecule has 0 aliphatic rings. The Hall–Kier alpha value is -2.13. The lowest BCUT2D eigenvalue weighted by molar-refractivity contribution is -0.116. The second-order valence-electron chi connectivity index (χ2n) is 5.60. The first kappa shape index (κ1) is 15.3. The number of hydrogen-bond acceptors (Lipinski definition) is 2. The van der Waals surface area contributed by atoms with Crippen LogP contribution in [0.15, 0.2) is 54.6 Å². The summed E-state index contributed by atoms with van der Waals surface area (Å²) in [5.41, 5.74) is 9.01. The summed E-state index contributed by atoms with van der Waals surface area (Å²) in [4.78, 5) is 11.9. The largest absolute Gasteiger partial charge is 0.327 e.